The van der Waals surface area contributed by atoms with Gasteiger partial charge in [0, 0.05) is 44.3 Å². The molecule has 6 nitrogen and oxygen atoms in total. The van der Waals surface area contributed by atoms with Crippen LogP contribution in [0.5, 0.6) is 0 Å². The summed E-state index contributed by atoms with van der Waals surface area (Å²) < 4.78 is 0. The molecule has 0 radical (unpaired) electrons. The van der Waals surface area contributed by atoms with Gasteiger partial charge in [-0.15, -0.1) is 0 Å². The van der Waals surface area contributed by atoms with Crippen molar-refractivity contribution in [3.63, 3.8) is 0 Å². The molecule has 2 rings (SSSR count). The molecule has 0 spiro atoms. The third kappa shape index (κ3) is 6.65. The van der Waals surface area contributed by atoms with Gasteiger partial charge in [0.1, 0.15) is 6.04 Å². The van der Waals surface area contributed by atoms with Gasteiger partial charge in [0.15, 0.2) is 0 Å². The largest absolute Gasteiger partial charge is 0.355 e. The first kappa shape index (κ1) is 19.7. The second-order valence-corrected chi connectivity index (χ2v) is 6.80. The van der Waals surface area contributed by atoms with E-state index in [0.29, 0.717) is 13.1 Å². The van der Waals surface area contributed by atoms with Crippen LogP contribution in [-0.2, 0) is 16.1 Å². The predicted molar refractivity (Wildman–Crippen MR) is 99.5 cm³/mol. The Morgan fingerprint density at radius 3 is 2.52 bits per heavy atom. The Morgan fingerprint density at radius 2 is 1.88 bits per heavy atom. The van der Waals surface area contributed by atoms with E-state index in [-0.39, 0.29) is 11.8 Å². The molecule has 1 aliphatic rings. The Hall–Kier alpha value is -1.63. The van der Waals surface area contributed by atoms with Gasteiger partial charge in [-0.25, -0.2) is 0 Å². The first-order valence-electron chi connectivity index (χ1n) is 8.74. The maximum Gasteiger partial charge on any atom is 0.242 e. The molecule has 1 saturated heterocycles. The van der Waals surface area contributed by atoms with Crippen LogP contribution in [0, 0.1) is 0 Å². The fourth-order valence-corrected chi connectivity index (χ4v) is 3.10. The summed E-state index contributed by atoms with van der Waals surface area (Å²) >= 11 is 6.03. The van der Waals surface area contributed by atoms with Crippen molar-refractivity contribution in [2.24, 2.45) is 0 Å². The molecule has 2 amide bonds. The number of carbonyl (C=O) groups excluding carboxylic acids is 2. The fraction of sp³-hybridized carbons (Fsp3) is 0.556. The summed E-state index contributed by atoms with van der Waals surface area (Å²) in [5.41, 5.74) is 1.20. The summed E-state index contributed by atoms with van der Waals surface area (Å²) in [5.74, 6) is -0.260. The standard InChI is InChI=1S/C18H27ClN4O2/c1-3-20-18(25)14(2)21-17(24)13-23-9-7-22(8-10-23)12-15-5-4-6-16(19)11-15/h4-6,11,14H,3,7-10,12-13H2,1-2H3,(H,20,25)(H,21,24)/t14-/m0/s1. The van der Waals surface area contributed by atoms with Crippen molar-refractivity contribution in [2.75, 3.05) is 39.3 Å². The summed E-state index contributed by atoms with van der Waals surface area (Å²) in [4.78, 5) is 28.2. The molecular formula is C18H27ClN4O2. The second kappa shape index (κ2) is 9.75. The van der Waals surface area contributed by atoms with Crippen LogP contribution in [0.3, 0.4) is 0 Å². The van der Waals surface area contributed by atoms with E-state index in [9.17, 15) is 9.59 Å². The lowest BCUT2D eigenvalue weighted by atomic mass is 10.2. The normalized spacial score (nSPS) is 17.1. The highest BCUT2D eigenvalue weighted by molar-refractivity contribution is 6.30. The van der Waals surface area contributed by atoms with Crippen LogP contribution in [0.4, 0.5) is 0 Å². The van der Waals surface area contributed by atoms with E-state index in [1.165, 1.54) is 5.56 Å². The summed E-state index contributed by atoms with van der Waals surface area (Å²) in [7, 11) is 0. The van der Waals surface area contributed by atoms with Gasteiger partial charge in [0.25, 0.3) is 0 Å². The summed E-state index contributed by atoms with van der Waals surface area (Å²) in [6, 6.07) is 7.41. The minimum atomic E-state index is -0.503. The predicted octanol–water partition coefficient (Wildman–Crippen LogP) is 1.10. The number of nitrogens with zero attached hydrogens (tertiary/aromatic N) is 2. The third-order valence-electron chi connectivity index (χ3n) is 4.25. The molecule has 0 aromatic heterocycles. The Morgan fingerprint density at radius 1 is 1.20 bits per heavy atom. The van der Waals surface area contributed by atoms with E-state index < -0.39 is 6.04 Å². The van der Waals surface area contributed by atoms with Crippen LogP contribution in [0.2, 0.25) is 5.02 Å². The van der Waals surface area contributed by atoms with E-state index in [2.05, 4.69) is 26.5 Å². The SMILES string of the molecule is CCNC(=O)[C@H](C)NC(=O)CN1CCN(Cc2cccc(Cl)c2)CC1. The molecular weight excluding hydrogens is 340 g/mol. The number of likely N-dealkylation sites (N-methyl/N-ethyl adjacent to an activating group) is 1. The minimum Gasteiger partial charge on any atom is -0.355 e. The van der Waals surface area contributed by atoms with E-state index in [0.717, 1.165) is 37.7 Å². The van der Waals surface area contributed by atoms with Crippen LogP contribution in [0.1, 0.15) is 19.4 Å². The minimum absolute atomic E-state index is 0.109. The number of nitrogens with one attached hydrogen (secondary N) is 2. The van der Waals surface area contributed by atoms with Crippen molar-refractivity contribution in [1.29, 1.82) is 0 Å². The Bertz CT molecular complexity index is 588. The van der Waals surface area contributed by atoms with Gasteiger partial charge < -0.3 is 10.6 Å². The zero-order valence-corrected chi connectivity index (χ0v) is 15.7. The lowest BCUT2D eigenvalue weighted by Gasteiger charge is -2.34. The topological polar surface area (TPSA) is 64.7 Å². The fourth-order valence-electron chi connectivity index (χ4n) is 2.88. The van der Waals surface area contributed by atoms with Gasteiger partial charge in [0.2, 0.25) is 11.8 Å². The molecule has 2 N–H and O–H groups in total. The van der Waals surface area contributed by atoms with Crippen molar-refractivity contribution in [2.45, 2.75) is 26.4 Å². The highest BCUT2D eigenvalue weighted by atomic mass is 35.5. The highest BCUT2D eigenvalue weighted by Gasteiger charge is 2.21. The van der Waals surface area contributed by atoms with Crippen molar-refractivity contribution in [3.05, 3.63) is 34.9 Å². The second-order valence-electron chi connectivity index (χ2n) is 6.37. The van der Waals surface area contributed by atoms with E-state index in [1.807, 2.05) is 25.1 Å². The smallest absolute Gasteiger partial charge is 0.242 e. The molecule has 138 valence electrons. The molecule has 1 aliphatic heterocycles. The Labute approximate surface area is 154 Å². The molecule has 1 heterocycles. The van der Waals surface area contributed by atoms with Gasteiger partial charge >= 0.3 is 0 Å². The van der Waals surface area contributed by atoms with Crippen LogP contribution >= 0.6 is 11.6 Å². The molecule has 7 heteroatoms. The maximum absolute atomic E-state index is 12.1. The molecule has 0 unspecified atom stereocenters. The van der Waals surface area contributed by atoms with Crippen LogP contribution in [0.15, 0.2) is 24.3 Å². The van der Waals surface area contributed by atoms with E-state index in [4.69, 9.17) is 11.6 Å². The van der Waals surface area contributed by atoms with Gasteiger partial charge in [-0.2, -0.15) is 0 Å². The molecule has 0 aliphatic carbocycles. The van der Waals surface area contributed by atoms with E-state index in [1.54, 1.807) is 6.92 Å². The lowest BCUT2D eigenvalue weighted by Crippen LogP contribution is -2.51. The van der Waals surface area contributed by atoms with Crippen molar-refractivity contribution < 1.29 is 9.59 Å². The number of carbonyl (C=O) groups is 2. The molecule has 0 saturated carbocycles. The van der Waals surface area contributed by atoms with Gasteiger partial charge in [-0.05, 0) is 31.5 Å². The Balaban J connectivity index is 1.71. The lowest BCUT2D eigenvalue weighted by molar-refractivity contribution is -0.129. The number of hydrogen-bond acceptors (Lipinski definition) is 4. The van der Waals surface area contributed by atoms with Crippen LogP contribution < -0.4 is 10.6 Å². The quantitative estimate of drug-likeness (QED) is 0.758. The van der Waals surface area contributed by atoms with Crippen molar-refractivity contribution in [3.8, 4) is 0 Å². The number of piperazine rings is 1. The molecule has 1 aromatic carbocycles. The molecule has 25 heavy (non-hydrogen) atoms. The van der Waals surface area contributed by atoms with Crippen molar-refractivity contribution in [1.82, 2.24) is 20.4 Å². The van der Waals surface area contributed by atoms with E-state index >= 15 is 0 Å². The van der Waals surface area contributed by atoms with Gasteiger partial charge in [0.05, 0.1) is 6.54 Å². The van der Waals surface area contributed by atoms with Gasteiger partial charge in [-0.1, -0.05) is 23.7 Å². The zero-order chi connectivity index (χ0) is 18.2. The maximum atomic E-state index is 12.1. The van der Waals surface area contributed by atoms with Crippen LogP contribution in [-0.4, -0.2) is 66.9 Å². The first-order chi connectivity index (χ1) is 12.0. The average Bonchev–Trinajstić information content (AvgIpc) is 2.57. The number of rotatable bonds is 7. The molecule has 0 bridgehead atoms. The third-order valence-corrected chi connectivity index (χ3v) is 4.48. The van der Waals surface area contributed by atoms with Crippen LogP contribution in [0.25, 0.3) is 0 Å². The Kier molecular flexibility index (Phi) is 7.68. The monoisotopic (exact) mass is 366 g/mol. The summed E-state index contributed by atoms with van der Waals surface area (Å²) in [6.45, 7) is 8.81. The number of halogens is 1. The molecule has 1 aromatic rings. The summed E-state index contributed by atoms with van der Waals surface area (Å²) in [5, 5.41) is 6.21. The average molecular weight is 367 g/mol. The summed E-state index contributed by atoms with van der Waals surface area (Å²) in [6.07, 6.45) is 0. The zero-order valence-electron chi connectivity index (χ0n) is 14.9. The molecule has 1 atom stereocenters. The molecule has 1 fully saturated rings. The van der Waals surface area contributed by atoms with Crippen molar-refractivity contribution >= 4 is 23.4 Å². The number of benzene rings is 1. The number of hydrogen-bond donors (Lipinski definition) is 2. The highest BCUT2D eigenvalue weighted by Crippen LogP contribution is 2.13. The number of amides is 2. The van der Waals surface area contributed by atoms with Gasteiger partial charge in [-0.3, -0.25) is 19.4 Å². The first-order valence-corrected chi connectivity index (χ1v) is 9.12.